The van der Waals surface area contributed by atoms with Crippen molar-refractivity contribution in [3.8, 4) is 0 Å². The number of hydrogen-bond donors (Lipinski definition) is 2. The summed E-state index contributed by atoms with van der Waals surface area (Å²) in [5.41, 5.74) is 6.74. The predicted molar refractivity (Wildman–Crippen MR) is 68.7 cm³/mol. The van der Waals surface area contributed by atoms with E-state index in [0.29, 0.717) is 5.92 Å². The lowest BCUT2D eigenvalue weighted by molar-refractivity contribution is 0.401. The van der Waals surface area contributed by atoms with E-state index in [-0.39, 0.29) is 6.04 Å². The Balaban J connectivity index is 1.75. The molecule has 0 radical (unpaired) electrons. The maximum absolute atomic E-state index is 5.69. The molecule has 3 rings (SSSR count). The molecule has 1 aliphatic rings. The third-order valence-electron chi connectivity index (χ3n) is 3.67. The minimum absolute atomic E-state index is 0.219. The molecule has 5 nitrogen and oxygen atoms in total. The SMILES string of the molecule is Cn1cc(CC(NN)C2Cc3ccccc32)nn1. The normalized spacial score (nSPS) is 19.1. The van der Waals surface area contributed by atoms with Gasteiger partial charge in [-0.1, -0.05) is 29.5 Å². The smallest absolute Gasteiger partial charge is 0.0843 e. The van der Waals surface area contributed by atoms with Gasteiger partial charge in [0.25, 0.3) is 0 Å². The highest BCUT2D eigenvalue weighted by molar-refractivity contribution is 5.41. The fourth-order valence-electron chi connectivity index (χ4n) is 2.69. The number of nitrogens with two attached hydrogens (primary N) is 1. The number of benzene rings is 1. The molecule has 0 fully saturated rings. The summed E-state index contributed by atoms with van der Waals surface area (Å²) in [4.78, 5) is 0. The van der Waals surface area contributed by atoms with E-state index >= 15 is 0 Å². The van der Waals surface area contributed by atoms with Crippen LogP contribution in [0.5, 0.6) is 0 Å². The molecule has 0 saturated heterocycles. The molecule has 1 aromatic carbocycles. The van der Waals surface area contributed by atoms with Crippen molar-refractivity contribution in [3.63, 3.8) is 0 Å². The van der Waals surface area contributed by atoms with Gasteiger partial charge in [0, 0.05) is 31.6 Å². The zero-order chi connectivity index (χ0) is 12.5. The maximum atomic E-state index is 5.69. The molecule has 2 atom stereocenters. The topological polar surface area (TPSA) is 68.8 Å². The van der Waals surface area contributed by atoms with Crippen LogP contribution < -0.4 is 11.3 Å². The van der Waals surface area contributed by atoms with Crippen LogP contribution in [0, 0.1) is 0 Å². The third kappa shape index (κ3) is 1.91. The Bertz CT molecular complexity index is 548. The van der Waals surface area contributed by atoms with Crippen molar-refractivity contribution in [2.45, 2.75) is 24.8 Å². The highest BCUT2D eigenvalue weighted by atomic mass is 15.4. The number of nitrogens with zero attached hydrogens (tertiary/aromatic N) is 3. The van der Waals surface area contributed by atoms with Gasteiger partial charge in [0.1, 0.15) is 0 Å². The first kappa shape index (κ1) is 11.4. The summed E-state index contributed by atoms with van der Waals surface area (Å²) >= 11 is 0. The molecule has 0 saturated carbocycles. The molecule has 0 aliphatic heterocycles. The van der Waals surface area contributed by atoms with Crippen LogP contribution >= 0.6 is 0 Å². The number of hydrogen-bond acceptors (Lipinski definition) is 4. The van der Waals surface area contributed by atoms with Gasteiger partial charge < -0.3 is 0 Å². The van der Waals surface area contributed by atoms with Crippen LogP contribution in [-0.2, 0) is 19.9 Å². The van der Waals surface area contributed by atoms with Crippen LogP contribution in [0.4, 0.5) is 0 Å². The van der Waals surface area contributed by atoms with E-state index in [4.69, 9.17) is 5.84 Å². The van der Waals surface area contributed by atoms with Gasteiger partial charge >= 0.3 is 0 Å². The van der Waals surface area contributed by atoms with E-state index in [9.17, 15) is 0 Å². The summed E-state index contributed by atoms with van der Waals surface area (Å²) < 4.78 is 1.72. The molecule has 1 aromatic heterocycles. The lowest BCUT2D eigenvalue weighted by atomic mass is 9.72. The second-order valence-corrected chi connectivity index (χ2v) is 4.87. The van der Waals surface area contributed by atoms with E-state index in [2.05, 4.69) is 40.0 Å². The van der Waals surface area contributed by atoms with Gasteiger partial charge in [-0.2, -0.15) is 0 Å². The molecule has 2 unspecified atom stereocenters. The second kappa shape index (κ2) is 4.51. The Labute approximate surface area is 106 Å². The van der Waals surface area contributed by atoms with Crippen LogP contribution in [0.1, 0.15) is 22.7 Å². The van der Waals surface area contributed by atoms with E-state index in [1.54, 1.807) is 4.68 Å². The van der Waals surface area contributed by atoms with Crippen molar-refractivity contribution in [3.05, 3.63) is 47.3 Å². The molecule has 0 amide bonds. The molecule has 18 heavy (non-hydrogen) atoms. The van der Waals surface area contributed by atoms with Crippen molar-refractivity contribution in [1.29, 1.82) is 0 Å². The van der Waals surface area contributed by atoms with Gasteiger partial charge in [-0.25, -0.2) is 0 Å². The number of aryl methyl sites for hydroxylation is 1. The van der Waals surface area contributed by atoms with Crippen molar-refractivity contribution < 1.29 is 0 Å². The fourth-order valence-corrected chi connectivity index (χ4v) is 2.69. The van der Waals surface area contributed by atoms with Crippen LogP contribution in [0.3, 0.4) is 0 Å². The Kier molecular flexibility index (Phi) is 2.85. The molecule has 1 aliphatic carbocycles. The van der Waals surface area contributed by atoms with Crippen LogP contribution in [-0.4, -0.2) is 21.0 Å². The number of fused-ring (bicyclic) bond motifs is 1. The van der Waals surface area contributed by atoms with Gasteiger partial charge in [-0.15, -0.1) is 5.10 Å². The second-order valence-electron chi connectivity index (χ2n) is 4.87. The first-order chi connectivity index (χ1) is 8.78. The van der Waals surface area contributed by atoms with Gasteiger partial charge in [0.2, 0.25) is 0 Å². The lowest BCUT2D eigenvalue weighted by Gasteiger charge is -2.36. The van der Waals surface area contributed by atoms with E-state index < -0.39 is 0 Å². The van der Waals surface area contributed by atoms with Crippen molar-refractivity contribution in [2.24, 2.45) is 12.9 Å². The predicted octanol–water partition coefficient (Wildman–Crippen LogP) is 0.529. The molecule has 0 spiro atoms. The summed E-state index contributed by atoms with van der Waals surface area (Å²) in [6.45, 7) is 0. The summed E-state index contributed by atoms with van der Waals surface area (Å²) in [6.07, 6.45) is 3.84. The molecule has 3 N–H and O–H groups in total. The first-order valence-corrected chi connectivity index (χ1v) is 6.17. The Hall–Kier alpha value is -1.72. The molecule has 0 bridgehead atoms. The minimum Gasteiger partial charge on any atom is -0.271 e. The van der Waals surface area contributed by atoms with Crippen LogP contribution in [0.15, 0.2) is 30.5 Å². The average molecular weight is 243 g/mol. The summed E-state index contributed by atoms with van der Waals surface area (Å²) in [7, 11) is 1.88. The van der Waals surface area contributed by atoms with Crippen molar-refractivity contribution in [1.82, 2.24) is 20.4 Å². The lowest BCUT2D eigenvalue weighted by Crippen LogP contribution is -2.45. The van der Waals surface area contributed by atoms with Crippen LogP contribution in [0.2, 0.25) is 0 Å². The Morgan fingerprint density at radius 2 is 2.33 bits per heavy atom. The number of aromatic nitrogens is 3. The number of nitrogens with one attached hydrogen (secondary N) is 1. The molecule has 1 heterocycles. The van der Waals surface area contributed by atoms with Gasteiger partial charge in [0.05, 0.1) is 5.69 Å². The summed E-state index contributed by atoms with van der Waals surface area (Å²) in [5.74, 6) is 6.17. The zero-order valence-corrected chi connectivity index (χ0v) is 10.4. The van der Waals surface area contributed by atoms with E-state index in [1.165, 1.54) is 11.1 Å². The van der Waals surface area contributed by atoms with Gasteiger partial charge in [0.15, 0.2) is 0 Å². The molecule has 2 aromatic rings. The summed E-state index contributed by atoms with van der Waals surface area (Å²) in [5, 5.41) is 8.07. The van der Waals surface area contributed by atoms with Gasteiger partial charge in [-0.3, -0.25) is 16.0 Å². The third-order valence-corrected chi connectivity index (χ3v) is 3.67. The first-order valence-electron chi connectivity index (χ1n) is 6.17. The molecular weight excluding hydrogens is 226 g/mol. The Morgan fingerprint density at radius 3 is 3.00 bits per heavy atom. The number of hydrazine groups is 1. The van der Waals surface area contributed by atoms with Crippen molar-refractivity contribution in [2.75, 3.05) is 0 Å². The zero-order valence-electron chi connectivity index (χ0n) is 10.4. The highest BCUT2D eigenvalue weighted by Gasteiger charge is 2.32. The largest absolute Gasteiger partial charge is 0.271 e. The minimum atomic E-state index is 0.219. The standard InChI is InChI=1S/C13H17N5/c1-18-8-10(16-17-18)7-13(15-14)12-6-9-4-2-3-5-11(9)12/h2-5,8,12-13,15H,6-7,14H2,1H3. The average Bonchev–Trinajstić information content (AvgIpc) is 2.75. The maximum Gasteiger partial charge on any atom is 0.0843 e. The summed E-state index contributed by atoms with van der Waals surface area (Å²) in [6, 6.07) is 8.76. The fraction of sp³-hybridized carbons (Fsp3) is 0.385. The van der Waals surface area contributed by atoms with Gasteiger partial charge in [-0.05, 0) is 17.5 Å². The van der Waals surface area contributed by atoms with E-state index in [1.807, 2.05) is 13.2 Å². The highest BCUT2D eigenvalue weighted by Crippen LogP contribution is 2.37. The monoisotopic (exact) mass is 243 g/mol. The molecule has 94 valence electrons. The van der Waals surface area contributed by atoms with E-state index in [0.717, 1.165) is 18.5 Å². The quantitative estimate of drug-likeness (QED) is 0.607. The molecular formula is C13H17N5. The Morgan fingerprint density at radius 1 is 1.50 bits per heavy atom. The van der Waals surface area contributed by atoms with Crippen LogP contribution in [0.25, 0.3) is 0 Å². The molecule has 5 heteroatoms. The van der Waals surface area contributed by atoms with Crippen molar-refractivity contribution >= 4 is 0 Å². The number of rotatable bonds is 4.